The van der Waals surface area contributed by atoms with E-state index in [1.54, 1.807) is 6.07 Å². The number of anilines is 1. The van der Waals surface area contributed by atoms with Gasteiger partial charge in [-0.05, 0) is 36.8 Å². The molecule has 0 spiro atoms. The van der Waals surface area contributed by atoms with E-state index in [4.69, 9.17) is 0 Å². The van der Waals surface area contributed by atoms with Gasteiger partial charge < -0.3 is 5.32 Å². The summed E-state index contributed by atoms with van der Waals surface area (Å²) in [5, 5.41) is 3.26. The number of nitrogens with one attached hydrogen (secondary N) is 1. The van der Waals surface area contributed by atoms with Gasteiger partial charge in [-0.25, -0.2) is 9.37 Å². The molecule has 1 N–H and O–H groups in total. The highest BCUT2D eigenvalue weighted by Gasteiger charge is 2.18. The summed E-state index contributed by atoms with van der Waals surface area (Å²) < 4.78 is 12.7. The van der Waals surface area contributed by atoms with Crippen LogP contribution in [0.25, 0.3) is 0 Å². The summed E-state index contributed by atoms with van der Waals surface area (Å²) in [6.45, 7) is 3.29. The Kier molecular flexibility index (Phi) is 4.35. The van der Waals surface area contributed by atoms with E-state index in [-0.39, 0.29) is 5.82 Å². The first kappa shape index (κ1) is 12.3. The molecule has 94 valence electrons. The van der Waals surface area contributed by atoms with Gasteiger partial charge in [0, 0.05) is 6.54 Å². The highest BCUT2D eigenvalue weighted by molar-refractivity contribution is 5.33. The van der Waals surface area contributed by atoms with Crippen molar-refractivity contribution in [2.24, 2.45) is 11.8 Å². The lowest BCUT2D eigenvalue weighted by atomic mass is 9.81. The number of pyridine rings is 1. The number of hydrogen-bond acceptors (Lipinski definition) is 2. The maximum atomic E-state index is 12.7. The topological polar surface area (TPSA) is 24.9 Å². The molecule has 1 aliphatic carbocycles. The molecule has 1 aliphatic rings. The van der Waals surface area contributed by atoms with Gasteiger partial charge in [0.05, 0.1) is 6.20 Å². The van der Waals surface area contributed by atoms with Crippen molar-refractivity contribution in [1.29, 1.82) is 0 Å². The predicted octanol–water partition coefficient (Wildman–Crippen LogP) is 3.85. The molecule has 1 aromatic rings. The summed E-state index contributed by atoms with van der Waals surface area (Å²) in [7, 11) is 0. The Morgan fingerprint density at radius 2 is 2.29 bits per heavy atom. The third-order valence-electron chi connectivity index (χ3n) is 3.63. The molecule has 0 aliphatic heterocycles. The zero-order chi connectivity index (χ0) is 12.1. The van der Waals surface area contributed by atoms with Gasteiger partial charge >= 0.3 is 0 Å². The SMILES string of the molecule is CC1CCCC(CCNc2ccc(F)cn2)C1. The fraction of sp³-hybridized carbons (Fsp3) is 0.643. The summed E-state index contributed by atoms with van der Waals surface area (Å²) in [6, 6.07) is 3.14. The second kappa shape index (κ2) is 5.99. The van der Waals surface area contributed by atoms with Gasteiger partial charge in [0.15, 0.2) is 0 Å². The van der Waals surface area contributed by atoms with Crippen LogP contribution in [0, 0.1) is 17.7 Å². The van der Waals surface area contributed by atoms with Crippen molar-refractivity contribution in [3.63, 3.8) is 0 Å². The maximum Gasteiger partial charge on any atom is 0.141 e. The van der Waals surface area contributed by atoms with Crippen molar-refractivity contribution < 1.29 is 4.39 Å². The quantitative estimate of drug-likeness (QED) is 0.859. The molecule has 2 nitrogen and oxygen atoms in total. The Balaban J connectivity index is 1.70. The van der Waals surface area contributed by atoms with Crippen molar-refractivity contribution in [2.45, 2.75) is 39.0 Å². The average molecular weight is 236 g/mol. The van der Waals surface area contributed by atoms with Crippen LogP contribution in [0.5, 0.6) is 0 Å². The van der Waals surface area contributed by atoms with Crippen molar-refractivity contribution in [3.8, 4) is 0 Å². The Morgan fingerprint density at radius 1 is 1.41 bits per heavy atom. The van der Waals surface area contributed by atoms with E-state index in [0.717, 1.165) is 24.2 Å². The van der Waals surface area contributed by atoms with Gasteiger partial charge in [-0.1, -0.05) is 26.2 Å². The third kappa shape index (κ3) is 3.99. The van der Waals surface area contributed by atoms with Crippen LogP contribution in [0.2, 0.25) is 0 Å². The number of hydrogen-bond donors (Lipinski definition) is 1. The van der Waals surface area contributed by atoms with E-state index < -0.39 is 0 Å². The molecule has 0 saturated heterocycles. The second-order valence-corrected chi connectivity index (χ2v) is 5.21. The van der Waals surface area contributed by atoms with Crippen LogP contribution in [-0.2, 0) is 0 Å². The largest absolute Gasteiger partial charge is 0.370 e. The maximum absolute atomic E-state index is 12.7. The van der Waals surface area contributed by atoms with Crippen LogP contribution in [0.1, 0.15) is 39.0 Å². The van der Waals surface area contributed by atoms with E-state index in [1.807, 2.05) is 0 Å². The normalized spacial score (nSPS) is 24.6. The van der Waals surface area contributed by atoms with E-state index in [9.17, 15) is 4.39 Å². The zero-order valence-corrected chi connectivity index (χ0v) is 10.5. The summed E-state index contributed by atoms with van der Waals surface area (Å²) in [4.78, 5) is 3.99. The lowest BCUT2D eigenvalue weighted by molar-refractivity contribution is 0.274. The summed E-state index contributed by atoms with van der Waals surface area (Å²) >= 11 is 0. The fourth-order valence-corrected chi connectivity index (χ4v) is 2.71. The van der Waals surface area contributed by atoms with Gasteiger partial charge in [-0.3, -0.25) is 0 Å². The third-order valence-corrected chi connectivity index (χ3v) is 3.63. The van der Waals surface area contributed by atoms with Gasteiger partial charge in [0.1, 0.15) is 11.6 Å². The van der Waals surface area contributed by atoms with Crippen molar-refractivity contribution in [2.75, 3.05) is 11.9 Å². The van der Waals surface area contributed by atoms with E-state index in [1.165, 1.54) is 44.4 Å². The van der Waals surface area contributed by atoms with Gasteiger partial charge in [0.2, 0.25) is 0 Å². The first-order valence-corrected chi connectivity index (χ1v) is 6.59. The molecule has 1 saturated carbocycles. The van der Waals surface area contributed by atoms with Crippen LogP contribution < -0.4 is 5.32 Å². The van der Waals surface area contributed by atoms with E-state index in [0.29, 0.717) is 0 Å². The first-order valence-electron chi connectivity index (χ1n) is 6.59. The van der Waals surface area contributed by atoms with Crippen molar-refractivity contribution in [3.05, 3.63) is 24.1 Å². The zero-order valence-electron chi connectivity index (χ0n) is 10.5. The summed E-state index contributed by atoms with van der Waals surface area (Å²) in [6.07, 6.45) is 7.94. The number of nitrogens with zero attached hydrogens (tertiary/aromatic N) is 1. The molecule has 0 aromatic carbocycles. The highest BCUT2D eigenvalue weighted by Crippen LogP contribution is 2.30. The molecule has 2 rings (SSSR count). The van der Waals surface area contributed by atoms with Crippen LogP contribution in [0.4, 0.5) is 10.2 Å². The Labute approximate surface area is 103 Å². The molecular weight excluding hydrogens is 215 g/mol. The summed E-state index contributed by atoms with van der Waals surface area (Å²) in [5.41, 5.74) is 0. The molecular formula is C14H21FN2. The minimum Gasteiger partial charge on any atom is -0.370 e. The van der Waals surface area contributed by atoms with Crippen LogP contribution in [0.3, 0.4) is 0 Å². The first-order chi connectivity index (χ1) is 8.24. The molecule has 2 atom stereocenters. The number of rotatable bonds is 4. The van der Waals surface area contributed by atoms with E-state index in [2.05, 4.69) is 17.2 Å². The molecule has 0 bridgehead atoms. The molecule has 3 heteroatoms. The molecule has 17 heavy (non-hydrogen) atoms. The van der Waals surface area contributed by atoms with Gasteiger partial charge in [-0.2, -0.15) is 0 Å². The molecule has 0 radical (unpaired) electrons. The predicted molar refractivity (Wildman–Crippen MR) is 68.4 cm³/mol. The molecule has 2 unspecified atom stereocenters. The second-order valence-electron chi connectivity index (χ2n) is 5.21. The monoisotopic (exact) mass is 236 g/mol. The minimum absolute atomic E-state index is 0.281. The lowest BCUT2D eigenvalue weighted by Gasteiger charge is -2.26. The average Bonchev–Trinajstić information content (AvgIpc) is 2.32. The number of halogens is 1. The smallest absolute Gasteiger partial charge is 0.141 e. The molecule has 0 amide bonds. The molecule has 1 aromatic heterocycles. The molecule has 1 heterocycles. The number of aromatic nitrogens is 1. The summed E-state index contributed by atoms with van der Waals surface area (Å²) in [5.74, 6) is 2.23. The van der Waals surface area contributed by atoms with Crippen LogP contribution in [0.15, 0.2) is 18.3 Å². The van der Waals surface area contributed by atoms with E-state index >= 15 is 0 Å². The van der Waals surface area contributed by atoms with Crippen LogP contribution in [-0.4, -0.2) is 11.5 Å². The fourth-order valence-electron chi connectivity index (χ4n) is 2.71. The van der Waals surface area contributed by atoms with Crippen LogP contribution >= 0.6 is 0 Å². The van der Waals surface area contributed by atoms with Gasteiger partial charge in [0.25, 0.3) is 0 Å². The Hall–Kier alpha value is -1.12. The standard InChI is InChI=1S/C14H21FN2/c1-11-3-2-4-12(9-11)7-8-16-14-6-5-13(15)10-17-14/h5-6,10-12H,2-4,7-9H2,1H3,(H,16,17). The Bertz CT molecular complexity index is 337. The minimum atomic E-state index is -0.281. The highest BCUT2D eigenvalue weighted by atomic mass is 19.1. The van der Waals surface area contributed by atoms with Gasteiger partial charge in [-0.15, -0.1) is 0 Å². The Morgan fingerprint density at radius 3 is 3.00 bits per heavy atom. The van der Waals surface area contributed by atoms with Crippen molar-refractivity contribution in [1.82, 2.24) is 4.98 Å². The lowest BCUT2D eigenvalue weighted by Crippen LogP contribution is -2.16. The molecule has 1 fully saturated rings. The van der Waals surface area contributed by atoms with Crippen molar-refractivity contribution >= 4 is 5.82 Å².